The van der Waals surface area contributed by atoms with Gasteiger partial charge in [-0.15, -0.1) is 0 Å². The van der Waals surface area contributed by atoms with Crippen LogP contribution in [0.5, 0.6) is 0 Å². The fourth-order valence-electron chi connectivity index (χ4n) is 2.76. The fourth-order valence-corrected chi connectivity index (χ4v) is 3.53. The third-order valence-electron chi connectivity index (χ3n) is 3.91. The first-order chi connectivity index (χ1) is 9.40. The molecule has 7 heteroatoms. The molecule has 2 rings (SSSR count). The largest absolute Gasteiger partial charge is 2.00 e. The van der Waals surface area contributed by atoms with Crippen LogP contribution < -0.4 is 0 Å². The number of hydrogen-bond donors (Lipinski definition) is 2. The summed E-state index contributed by atoms with van der Waals surface area (Å²) in [5.41, 5.74) is 0. The molecule has 2 fully saturated rings. The first kappa shape index (κ1) is 22.4. The van der Waals surface area contributed by atoms with Crippen LogP contribution in [0.15, 0.2) is 0 Å². The van der Waals surface area contributed by atoms with Crippen LogP contribution in [0.2, 0.25) is 0 Å². The van der Waals surface area contributed by atoms with Crippen molar-refractivity contribution in [3.63, 3.8) is 0 Å². The van der Waals surface area contributed by atoms with E-state index in [1.807, 2.05) is 0 Å². The molecule has 2 heterocycles. The summed E-state index contributed by atoms with van der Waals surface area (Å²) >= 11 is 15.3. The van der Waals surface area contributed by atoms with E-state index >= 15 is 0 Å². The van der Waals surface area contributed by atoms with Crippen molar-refractivity contribution in [3.05, 3.63) is 0 Å². The first-order valence-electron chi connectivity index (χ1n) is 7.45. The molecular formula is C14H30N2PdS4+6. The van der Waals surface area contributed by atoms with Crippen molar-refractivity contribution >= 4 is 59.3 Å². The third-order valence-corrected chi connectivity index (χ3v) is 5.11. The van der Waals surface area contributed by atoms with E-state index in [1.54, 1.807) is 0 Å². The molecule has 0 aromatic heterocycles. The van der Waals surface area contributed by atoms with Gasteiger partial charge in [-0.05, 0) is 38.1 Å². The molecule has 0 spiro atoms. The molecule has 0 radical (unpaired) electrons. The maximum atomic E-state index is 4.24. The van der Waals surface area contributed by atoms with E-state index in [0.717, 1.165) is 46.8 Å². The molecule has 0 amide bonds. The maximum absolute atomic E-state index is 4.24. The smallest absolute Gasteiger partial charge is 0.183 e. The Bertz CT molecular complexity index is 341. The molecule has 0 N–H and O–H groups in total. The molecule has 2 atom stereocenters. The van der Waals surface area contributed by atoms with Gasteiger partial charge in [0.1, 0.15) is 13.1 Å². The molecule has 0 saturated carbocycles. The summed E-state index contributed by atoms with van der Waals surface area (Å²) in [5.74, 6) is 1.65. The SMILES string of the molecule is CC1CCC[N+](=C(S)[SH2+])C1.CC1CCC[N+](=C(S)[SH2+])C1.[Pd+2]. The van der Waals surface area contributed by atoms with E-state index in [2.05, 4.69) is 73.5 Å². The molecule has 0 aromatic carbocycles. The minimum atomic E-state index is 0. The molecule has 2 unspecified atom stereocenters. The van der Waals surface area contributed by atoms with Crippen LogP contribution in [0.4, 0.5) is 0 Å². The van der Waals surface area contributed by atoms with Crippen molar-refractivity contribution in [1.82, 2.24) is 0 Å². The molecule has 0 bridgehead atoms. The third kappa shape index (κ3) is 9.32. The zero-order chi connectivity index (χ0) is 15.1. The Morgan fingerprint density at radius 2 is 1.19 bits per heavy atom. The first-order valence-corrected chi connectivity index (χ1v) is 9.34. The van der Waals surface area contributed by atoms with Crippen molar-refractivity contribution in [2.75, 3.05) is 26.2 Å². The number of rotatable bonds is 0. The standard InChI is InChI=1S/2C7H13NS2.Pd/c2*1-6-3-2-4-8(5-6)7(9)10;/h2*6H,2-5H2,1H3,(H,9,10);/q;;+2/p+4. The molecule has 124 valence electrons. The van der Waals surface area contributed by atoms with Crippen LogP contribution in [-0.4, -0.2) is 44.1 Å². The van der Waals surface area contributed by atoms with Crippen molar-refractivity contribution in [2.24, 2.45) is 11.8 Å². The minimum Gasteiger partial charge on any atom is -0.183 e. The fraction of sp³-hybridized carbons (Fsp3) is 0.857. The summed E-state index contributed by atoms with van der Waals surface area (Å²) in [5, 5.41) is 0. The van der Waals surface area contributed by atoms with Crippen LogP contribution in [0, 0.1) is 11.8 Å². The van der Waals surface area contributed by atoms with E-state index < -0.39 is 0 Å². The van der Waals surface area contributed by atoms with E-state index in [0.29, 0.717) is 0 Å². The Morgan fingerprint density at radius 3 is 1.38 bits per heavy atom. The monoisotopic (exact) mass is 460 g/mol. The van der Waals surface area contributed by atoms with Crippen LogP contribution in [0.3, 0.4) is 0 Å². The number of nitrogens with zero attached hydrogens (tertiary/aromatic N) is 2. The molecular weight excluding hydrogens is 431 g/mol. The molecule has 0 aliphatic carbocycles. The molecule has 2 aliphatic heterocycles. The van der Waals surface area contributed by atoms with E-state index in [9.17, 15) is 0 Å². The van der Waals surface area contributed by atoms with Gasteiger partial charge in [0.15, 0.2) is 13.1 Å². The second kappa shape index (κ2) is 11.9. The quantitative estimate of drug-likeness (QED) is 0.177. The van der Waals surface area contributed by atoms with Gasteiger partial charge in [-0.25, -0.2) is 0 Å². The summed E-state index contributed by atoms with van der Waals surface area (Å²) in [6.07, 6.45) is 5.33. The molecule has 2 saturated heterocycles. The Morgan fingerprint density at radius 1 is 0.857 bits per heavy atom. The Labute approximate surface area is 165 Å². The summed E-state index contributed by atoms with van der Waals surface area (Å²) in [7, 11) is 0. The van der Waals surface area contributed by atoms with Crippen molar-refractivity contribution in [1.29, 1.82) is 0 Å². The average molecular weight is 461 g/mol. The Hall–Kier alpha value is 1.40. The van der Waals surface area contributed by atoms with Gasteiger partial charge < -0.3 is 0 Å². The Balaban J connectivity index is 0.000000364. The van der Waals surface area contributed by atoms with Crippen molar-refractivity contribution in [2.45, 2.75) is 39.5 Å². The second-order valence-corrected chi connectivity index (χ2v) is 8.67. The summed E-state index contributed by atoms with van der Waals surface area (Å²) in [4.78, 5) is 0. The van der Waals surface area contributed by atoms with E-state index in [-0.39, 0.29) is 20.4 Å². The molecule has 0 aromatic rings. The summed E-state index contributed by atoms with van der Waals surface area (Å²) in [6.45, 7) is 9.20. The van der Waals surface area contributed by atoms with Gasteiger partial charge in [-0.1, -0.05) is 13.8 Å². The normalized spacial score (nSPS) is 30.6. The van der Waals surface area contributed by atoms with Gasteiger partial charge >= 0.3 is 29.2 Å². The summed E-state index contributed by atoms with van der Waals surface area (Å²) in [6, 6.07) is 0. The van der Waals surface area contributed by atoms with E-state index in [1.165, 1.54) is 25.7 Å². The van der Waals surface area contributed by atoms with Gasteiger partial charge in [0.2, 0.25) is 0 Å². The number of thiol groups is 2. The molecule has 21 heavy (non-hydrogen) atoms. The topological polar surface area (TPSA) is 6.02 Å². The molecule has 2 aliphatic rings. The van der Waals surface area contributed by atoms with Crippen LogP contribution in [0.25, 0.3) is 0 Å². The van der Waals surface area contributed by atoms with Crippen molar-refractivity contribution in [3.8, 4) is 0 Å². The number of hydrogen-bond acceptors (Lipinski definition) is 0. The Kier molecular flexibility index (Phi) is 12.7. The van der Waals surface area contributed by atoms with Gasteiger partial charge in [-0.2, -0.15) is 9.15 Å². The average Bonchev–Trinajstić information content (AvgIpc) is 2.39. The molecule has 2 nitrogen and oxygen atoms in total. The van der Waals surface area contributed by atoms with Gasteiger partial charge in [0.05, 0.1) is 25.3 Å². The predicted octanol–water partition coefficient (Wildman–Crippen LogP) is 1.45. The zero-order valence-corrected chi connectivity index (χ0v) is 18.3. The zero-order valence-electron chi connectivity index (χ0n) is 12.9. The van der Waals surface area contributed by atoms with Gasteiger partial charge in [0.25, 0.3) is 0 Å². The second-order valence-electron chi connectivity index (χ2n) is 6.03. The van der Waals surface area contributed by atoms with E-state index in [4.69, 9.17) is 0 Å². The van der Waals surface area contributed by atoms with Gasteiger partial charge in [-0.3, -0.25) is 0 Å². The summed E-state index contributed by atoms with van der Waals surface area (Å²) < 4.78 is 6.50. The van der Waals surface area contributed by atoms with Crippen molar-refractivity contribution < 1.29 is 29.6 Å². The minimum absolute atomic E-state index is 0. The van der Waals surface area contributed by atoms with Crippen LogP contribution in [0.1, 0.15) is 39.5 Å². The maximum Gasteiger partial charge on any atom is 2.00 e. The van der Waals surface area contributed by atoms with Gasteiger partial charge in [0, 0.05) is 24.7 Å². The van der Waals surface area contributed by atoms with Crippen LogP contribution in [-0.2, 0) is 45.7 Å². The van der Waals surface area contributed by atoms with Crippen LogP contribution >= 0.6 is 25.3 Å². The number of piperidine rings is 2. The predicted molar refractivity (Wildman–Crippen MR) is 105 cm³/mol.